The molecule has 0 spiro atoms. The molecular formula is C20H14ClN5O2. The molecule has 0 saturated carbocycles. The number of anilines is 1. The van der Waals surface area contributed by atoms with Crippen molar-refractivity contribution in [2.24, 2.45) is 0 Å². The van der Waals surface area contributed by atoms with Crippen molar-refractivity contribution in [1.82, 2.24) is 20.2 Å². The van der Waals surface area contributed by atoms with Gasteiger partial charge in [0.1, 0.15) is 5.75 Å². The Morgan fingerprint density at radius 1 is 0.929 bits per heavy atom. The van der Waals surface area contributed by atoms with Gasteiger partial charge in [-0.15, -0.1) is 0 Å². The average molecular weight is 392 g/mol. The summed E-state index contributed by atoms with van der Waals surface area (Å²) in [6.45, 7) is 0. The lowest BCUT2D eigenvalue weighted by molar-refractivity contribution is 0.102. The van der Waals surface area contributed by atoms with Gasteiger partial charge in [0, 0.05) is 5.69 Å². The van der Waals surface area contributed by atoms with Gasteiger partial charge < -0.3 is 10.1 Å². The van der Waals surface area contributed by atoms with E-state index in [9.17, 15) is 4.79 Å². The van der Waals surface area contributed by atoms with Crippen LogP contribution in [0, 0.1) is 0 Å². The van der Waals surface area contributed by atoms with E-state index < -0.39 is 0 Å². The van der Waals surface area contributed by atoms with Crippen molar-refractivity contribution in [3.05, 3.63) is 89.4 Å². The molecule has 0 atom stereocenters. The molecule has 0 bridgehead atoms. The van der Waals surface area contributed by atoms with Crippen LogP contribution in [0.25, 0.3) is 5.69 Å². The van der Waals surface area contributed by atoms with E-state index in [0.717, 1.165) is 5.69 Å². The molecular weight excluding hydrogens is 378 g/mol. The molecule has 1 heterocycles. The Morgan fingerprint density at radius 3 is 2.39 bits per heavy atom. The third kappa shape index (κ3) is 3.84. The fourth-order valence-corrected chi connectivity index (χ4v) is 2.75. The number of amides is 1. The van der Waals surface area contributed by atoms with Crippen LogP contribution in [0.5, 0.6) is 11.8 Å². The molecule has 138 valence electrons. The smallest absolute Gasteiger partial charge is 0.345 e. The first-order chi connectivity index (χ1) is 13.7. The Hall–Kier alpha value is -3.71. The van der Waals surface area contributed by atoms with Gasteiger partial charge in [-0.05, 0) is 59.0 Å². The number of benzene rings is 3. The minimum absolute atomic E-state index is 0.235. The summed E-state index contributed by atoms with van der Waals surface area (Å²) < 4.78 is 7.25. The number of halogens is 1. The Balaban J connectivity index is 1.47. The van der Waals surface area contributed by atoms with Gasteiger partial charge >= 0.3 is 6.01 Å². The zero-order valence-corrected chi connectivity index (χ0v) is 15.2. The SMILES string of the molecule is O=C(Nc1ccc(Oc2nnnn2-c2ccccc2)cc1)c1ccccc1Cl. The van der Waals surface area contributed by atoms with E-state index in [1.54, 1.807) is 48.5 Å². The number of ether oxygens (including phenoxy) is 1. The van der Waals surface area contributed by atoms with Crippen LogP contribution in [0.4, 0.5) is 5.69 Å². The van der Waals surface area contributed by atoms with Gasteiger partial charge in [0.15, 0.2) is 0 Å². The Kier molecular flexibility index (Phi) is 4.99. The molecule has 1 amide bonds. The van der Waals surface area contributed by atoms with Crippen molar-refractivity contribution in [1.29, 1.82) is 0 Å². The van der Waals surface area contributed by atoms with Crippen LogP contribution in [0.1, 0.15) is 10.4 Å². The highest BCUT2D eigenvalue weighted by Crippen LogP contribution is 2.23. The molecule has 0 saturated heterocycles. The van der Waals surface area contributed by atoms with Crippen LogP contribution in [0.3, 0.4) is 0 Å². The van der Waals surface area contributed by atoms with Crippen LogP contribution in [-0.2, 0) is 0 Å². The van der Waals surface area contributed by atoms with Crippen molar-refractivity contribution in [2.75, 3.05) is 5.32 Å². The highest BCUT2D eigenvalue weighted by molar-refractivity contribution is 6.34. The number of tetrazole rings is 1. The van der Waals surface area contributed by atoms with Gasteiger partial charge in [-0.25, -0.2) is 0 Å². The largest absolute Gasteiger partial charge is 0.423 e. The summed E-state index contributed by atoms with van der Waals surface area (Å²) in [4.78, 5) is 12.3. The fraction of sp³-hybridized carbons (Fsp3) is 0. The summed E-state index contributed by atoms with van der Waals surface area (Å²) >= 11 is 6.05. The number of nitrogens with one attached hydrogen (secondary N) is 1. The highest BCUT2D eigenvalue weighted by Gasteiger charge is 2.12. The first-order valence-corrected chi connectivity index (χ1v) is 8.76. The molecule has 0 aliphatic carbocycles. The van der Waals surface area contributed by atoms with E-state index in [-0.39, 0.29) is 11.9 Å². The maximum Gasteiger partial charge on any atom is 0.345 e. The van der Waals surface area contributed by atoms with Gasteiger partial charge in [-0.1, -0.05) is 47.0 Å². The second-order valence-corrected chi connectivity index (χ2v) is 6.18. The standard InChI is InChI=1S/C20H14ClN5O2/c21-18-9-5-4-8-17(18)19(27)22-14-10-12-16(13-11-14)28-20-23-24-25-26(20)15-6-2-1-3-7-15/h1-13H,(H,22,27). The second kappa shape index (κ2) is 7.89. The molecule has 0 unspecified atom stereocenters. The molecule has 7 nitrogen and oxygen atoms in total. The molecule has 1 N–H and O–H groups in total. The van der Waals surface area contributed by atoms with Gasteiger partial charge in [0.2, 0.25) is 0 Å². The van der Waals surface area contributed by atoms with Gasteiger partial charge in [-0.3, -0.25) is 4.79 Å². The number of nitrogens with zero attached hydrogens (tertiary/aromatic N) is 4. The van der Waals surface area contributed by atoms with E-state index in [0.29, 0.717) is 22.0 Å². The van der Waals surface area contributed by atoms with Crippen molar-refractivity contribution >= 4 is 23.2 Å². The van der Waals surface area contributed by atoms with Crippen LogP contribution < -0.4 is 10.1 Å². The predicted octanol–water partition coefficient (Wildman–Crippen LogP) is 4.36. The predicted molar refractivity (Wildman–Crippen MR) is 105 cm³/mol. The molecule has 8 heteroatoms. The van der Waals surface area contributed by atoms with Crippen molar-refractivity contribution < 1.29 is 9.53 Å². The monoisotopic (exact) mass is 391 g/mol. The van der Waals surface area contributed by atoms with Crippen molar-refractivity contribution in [2.45, 2.75) is 0 Å². The molecule has 4 rings (SSSR count). The Morgan fingerprint density at radius 2 is 1.64 bits per heavy atom. The van der Waals surface area contributed by atoms with Gasteiger partial charge in [0.05, 0.1) is 16.3 Å². The molecule has 0 aliphatic heterocycles. The second-order valence-electron chi connectivity index (χ2n) is 5.77. The Bertz CT molecular complexity index is 1100. The van der Waals surface area contributed by atoms with E-state index in [1.165, 1.54) is 4.68 Å². The van der Waals surface area contributed by atoms with E-state index >= 15 is 0 Å². The summed E-state index contributed by atoms with van der Waals surface area (Å²) in [6.07, 6.45) is 0. The van der Waals surface area contributed by atoms with Crippen molar-refractivity contribution in [3.8, 4) is 17.4 Å². The van der Waals surface area contributed by atoms with E-state index in [2.05, 4.69) is 20.8 Å². The first-order valence-electron chi connectivity index (χ1n) is 8.38. The van der Waals surface area contributed by atoms with Crippen LogP contribution >= 0.6 is 11.6 Å². The lowest BCUT2D eigenvalue weighted by atomic mass is 10.2. The maximum absolute atomic E-state index is 12.3. The molecule has 1 aromatic heterocycles. The van der Waals surface area contributed by atoms with Crippen LogP contribution in [0.15, 0.2) is 78.9 Å². The number of aromatic nitrogens is 4. The molecule has 3 aromatic carbocycles. The quantitative estimate of drug-likeness (QED) is 0.546. The fourth-order valence-electron chi connectivity index (χ4n) is 2.53. The number of hydrogen-bond acceptors (Lipinski definition) is 5. The minimum atomic E-state index is -0.285. The molecule has 0 radical (unpaired) electrons. The highest BCUT2D eigenvalue weighted by atomic mass is 35.5. The molecule has 0 aliphatic rings. The van der Waals surface area contributed by atoms with E-state index in [4.69, 9.17) is 16.3 Å². The Labute approximate surface area is 165 Å². The zero-order chi connectivity index (χ0) is 19.3. The normalized spacial score (nSPS) is 10.5. The topological polar surface area (TPSA) is 81.9 Å². The number of hydrogen-bond donors (Lipinski definition) is 1. The number of para-hydroxylation sites is 1. The summed E-state index contributed by atoms with van der Waals surface area (Å²) in [7, 11) is 0. The van der Waals surface area contributed by atoms with Crippen LogP contribution in [-0.4, -0.2) is 26.1 Å². The third-order valence-electron chi connectivity index (χ3n) is 3.88. The summed E-state index contributed by atoms with van der Waals surface area (Å²) in [6, 6.07) is 23.4. The zero-order valence-electron chi connectivity index (χ0n) is 14.5. The average Bonchev–Trinajstić information content (AvgIpc) is 3.18. The van der Waals surface area contributed by atoms with Crippen molar-refractivity contribution in [3.63, 3.8) is 0 Å². The lowest BCUT2D eigenvalue weighted by Crippen LogP contribution is -2.12. The minimum Gasteiger partial charge on any atom is -0.423 e. The third-order valence-corrected chi connectivity index (χ3v) is 4.21. The summed E-state index contributed by atoms with van der Waals surface area (Å²) in [5.74, 6) is 0.245. The first kappa shape index (κ1) is 17.7. The van der Waals surface area contributed by atoms with E-state index in [1.807, 2.05) is 30.3 Å². The summed E-state index contributed by atoms with van der Waals surface area (Å²) in [5.41, 5.74) is 1.80. The number of rotatable bonds is 5. The number of carbonyl (C=O) groups is 1. The van der Waals surface area contributed by atoms with Gasteiger partial charge in [0.25, 0.3) is 5.91 Å². The van der Waals surface area contributed by atoms with Crippen LogP contribution in [0.2, 0.25) is 5.02 Å². The lowest BCUT2D eigenvalue weighted by Gasteiger charge is -2.09. The van der Waals surface area contributed by atoms with Gasteiger partial charge in [-0.2, -0.15) is 4.68 Å². The molecule has 28 heavy (non-hydrogen) atoms. The maximum atomic E-state index is 12.3. The number of carbonyl (C=O) groups excluding carboxylic acids is 1. The molecule has 4 aromatic rings. The molecule has 0 fully saturated rings. The summed E-state index contributed by atoms with van der Waals surface area (Å²) in [5, 5.41) is 14.7.